The van der Waals surface area contributed by atoms with Crippen molar-refractivity contribution in [1.29, 1.82) is 0 Å². The Balaban J connectivity index is 1.81. The summed E-state index contributed by atoms with van der Waals surface area (Å²) in [6.07, 6.45) is 1.21. The van der Waals surface area contributed by atoms with Gasteiger partial charge in [0.05, 0.1) is 24.9 Å². The van der Waals surface area contributed by atoms with Crippen molar-refractivity contribution >= 4 is 17.6 Å². The molecule has 1 aromatic heterocycles. The highest BCUT2D eigenvalue weighted by atomic mass is 35.5. The Labute approximate surface area is 136 Å². The number of aromatic nitrogens is 3. The van der Waals surface area contributed by atoms with Gasteiger partial charge in [-0.1, -0.05) is 22.9 Å². The van der Waals surface area contributed by atoms with Crippen LogP contribution in [0.25, 0.3) is 0 Å². The fourth-order valence-electron chi connectivity index (χ4n) is 2.63. The van der Waals surface area contributed by atoms with E-state index < -0.39 is 11.9 Å². The molecular formula is C15H14ClF2N3O2. The van der Waals surface area contributed by atoms with Crippen molar-refractivity contribution < 1.29 is 18.3 Å². The van der Waals surface area contributed by atoms with Crippen LogP contribution in [-0.2, 0) is 11.3 Å². The second-order valence-corrected chi connectivity index (χ2v) is 5.97. The number of methoxy groups -OCH3 is 1. The summed E-state index contributed by atoms with van der Waals surface area (Å²) in [5, 5.41) is 8.29. The average molecular weight is 342 g/mol. The molecule has 0 atom stereocenters. The van der Waals surface area contributed by atoms with Crippen LogP contribution < -0.4 is 0 Å². The number of carbonyl (C=O) groups excluding carboxylic acids is 1. The van der Waals surface area contributed by atoms with Gasteiger partial charge in [-0.15, -0.1) is 5.10 Å². The van der Waals surface area contributed by atoms with Crippen LogP contribution in [0.5, 0.6) is 0 Å². The summed E-state index contributed by atoms with van der Waals surface area (Å²) in [6.45, 7) is 0.209. The van der Waals surface area contributed by atoms with E-state index in [0.29, 0.717) is 21.8 Å². The van der Waals surface area contributed by atoms with Gasteiger partial charge in [0.15, 0.2) is 0 Å². The lowest BCUT2D eigenvalue weighted by Gasteiger charge is -2.33. The highest BCUT2D eigenvalue weighted by Gasteiger charge is 2.47. The number of alkyl halides is 2. The van der Waals surface area contributed by atoms with Gasteiger partial charge in [-0.3, -0.25) is 0 Å². The minimum atomic E-state index is -2.60. The number of hydrogen-bond acceptors (Lipinski definition) is 4. The monoisotopic (exact) mass is 341 g/mol. The summed E-state index contributed by atoms with van der Waals surface area (Å²) >= 11 is 6.16. The van der Waals surface area contributed by atoms with Crippen LogP contribution in [0.2, 0.25) is 5.02 Å². The maximum atomic E-state index is 12.9. The normalized spacial score (nSPS) is 16.9. The van der Waals surface area contributed by atoms with E-state index in [4.69, 9.17) is 16.3 Å². The number of esters is 1. The summed E-state index contributed by atoms with van der Waals surface area (Å²) in [6, 6.07) is 4.92. The van der Waals surface area contributed by atoms with Crippen LogP contribution in [0.3, 0.4) is 0 Å². The highest BCUT2D eigenvalue weighted by Crippen LogP contribution is 2.47. The zero-order valence-electron chi connectivity index (χ0n) is 12.3. The Hall–Kier alpha value is -2.02. The van der Waals surface area contributed by atoms with Crippen molar-refractivity contribution in [1.82, 2.24) is 15.0 Å². The van der Waals surface area contributed by atoms with Gasteiger partial charge in [-0.2, -0.15) is 0 Å². The average Bonchev–Trinajstić information content (AvgIpc) is 2.94. The molecule has 1 heterocycles. The molecule has 0 bridgehead atoms. The molecule has 0 N–H and O–H groups in total. The topological polar surface area (TPSA) is 57.0 Å². The number of hydrogen-bond donors (Lipinski definition) is 0. The van der Waals surface area contributed by atoms with E-state index >= 15 is 0 Å². The van der Waals surface area contributed by atoms with Crippen molar-refractivity contribution in [2.24, 2.45) is 0 Å². The fourth-order valence-corrected chi connectivity index (χ4v) is 2.86. The quantitative estimate of drug-likeness (QED) is 0.801. The second-order valence-electron chi connectivity index (χ2n) is 5.56. The van der Waals surface area contributed by atoms with Gasteiger partial charge < -0.3 is 4.74 Å². The van der Waals surface area contributed by atoms with Gasteiger partial charge in [0.2, 0.25) is 5.92 Å². The Kier molecular flexibility index (Phi) is 4.06. The maximum absolute atomic E-state index is 12.9. The SMILES string of the molecule is COC(=O)c1cccc(Cl)c1Cn1cc(C2CC(F)(F)C2)nn1. The van der Waals surface area contributed by atoms with Gasteiger partial charge in [0.1, 0.15) is 0 Å². The van der Waals surface area contributed by atoms with Crippen LogP contribution in [-0.4, -0.2) is 34.0 Å². The summed E-state index contributed by atoms with van der Waals surface area (Å²) in [5.41, 5.74) is 1.42. The predicted octanol–water partition coefficient (Wildman–Crippen LogP) is 3.28. The lowest BCUT2D eigenvalue weighted by Crippen LogP contribution is -2.33. The molecule has 23 heavy (non-hydrogen) atoms. The lowest BCUT2D eigenvalue weighted by molar-refractivity contribution is -0.0876. The van der Waals surface area contributed by atoms with E-state index in [0.717, 1.165) is 0 Å². The smallest absolute Gasteiger partial charge is 0.338 e. The number of benzene rings is 1. The van der Waals surface area contributed by atoms with E-state index in [9.17, 15) is 13.6 Å². The third-order valence-corrected chi connectivity index (χ3v) is 4.26. The van der Waals surface area contributed by atoms with E-state index in [1.807, 2.05) is 0 Å². The van der Waals surface area contributed by atoms with Gasteiger partial charge in [0.25, 0.3) is 0 Å². The minimum absolute atomic E-state index is 0.203. The van der Waals surface area contributed by atoms with Crippen molar-refractivity contribution in [2.75, 3.05) is 7.11 Å². The first-order valence-electron chi connectivity index (χ1n) is 7.03. The molecule has 0 aliphatic heterocycles. The summed E-state index contributed by atoms with van der Waals surface area (Å²) < 4.78 is 32.1. The van der Waals surface area contributed by atoms with Crippen LogP contribution in [0.1, 0.15) is 40.4 Å². The summed E-state index contributed by atoms with van der Waals surface area (Å²) in [5.74, 6) is -3.37. The largest absolute Gasteiger partial charge is 0.465 e. The molecule has 3 rings (SSSR count). The Bertz CT molecular complexity index is 740. The van der Waals surface area contributed by atoms with E-state index in [2.05, 4.69) is 10.3 Å². The third-order valence-electron chi connectivity index (χ3n) is 3.91. The Morgan fingerprint density at radius 3 is 2.87 bits per heavy atom. The number of ether oxygens (including phenoxy) is 1. The number of rotatable bonds is 4. The van der Waals surface area contributed by atoms with Crippen molar-refractivity contribution in [3.63, 3.8) is 0 Å². The first kappa shape index (κ1) is 15.9. The van der Waals surface area contributed by atoms with Gasteiger partial charge in [-0.25, -0.2) is 18.3 Å². The zero-order chi connectivity index (χ0) is 16.6. The molecule has 1 aliphatic carbocycles. The van der Waals surface area contributed by atoms with Crippen molar-refractivity contribution in [2.45, 2.75) is 31.2 Å². The number of nitrogens with zero attached hydrogens (tertiary/aromatic N) is 3. The standard InChI is InChI=1S/C15H14ClF2N3O2/c1-23-14(22)10-3-2-4-12(16)11(10)7-21-8-13(19-20-21)9-5-15(17,18)6-9/h2-4,8-9H,5-7H2,1H3. The van der Waals surface area contributed by atoms with Gasteiger partial charge >= 0.3 is 5.97 Å². The zero-order valence-corrected chi connectivity index (χ0v) is 13.1. The highest BCUT2D eigenvalue weighted by molar-refractivity contribution is 6.31. The maximum Gasteiger partial charge on any atom is 0.338 e. The van der Waals surface area contributed by atoms with Crippen LogP contribution in [0.4, 0.5) is 8.78 Å². The Morgan fingerprint density at radius 2 is 2.22 bits per heavy atom. The summed E-state index contributed by atoms with van der Waals surface area (Å²) in [4.78, 5) is 11.8. The number of halogens is 3. The number of carbonyl (C=O) groups is 1. The van der Waals surface area contributed by atoms with Crippen molar-refractivity contribution in [3.8, 4) is 0 Å². The van der Waals surface area contributed by atoms with Crippen LogP contribution in [0, 0.1) is 0 Å². The molecule has 5 nitrogen and oxygen atoms in total. The van der Waals surface area contributed by atoms with Gasteiger partial charge in [-0.05, 0) is 12.1 Å². The van der Waals surface area contributed by atoms with Crippen LogP contribution >= 0.6 is 11.6 Å². The lowest BCUT2D eigenvalue weighted by atomic mass is 9.79. The van der Waals surface area contributed by atoms with Crippen molar-refractivity contribution in [3.05, 3.63) is 46.2 Å². The molecule has 122 valence electrons. The summed E-state index contributed by atoms with van der Waals surface area (Å²) in [7, 11) is 1.29. The first-order chi connectivity index (χ1) is 10.9. The third kappa shape index (κ3) is 3.19. The second kappa shape index (κ2) is 5.88. The molecule has 8 heteroatoms. The van der Waals surface area contributed by atoms with E-state index in [1.54, 1.807) is 24.4 Å². The molecule has 0 spiro atoms. The molecule has 1 aliphatic rings. The molecule has 1 fully saturated rings. The van der Waals surface area contributed by atoms with E-state index in [1.165, 1.54) is 11.8 Å². The van der Waals surface area contributed by atoms with E-state index in [-0.39, 0.29) is 25.3 Å². The minimum Gasteiger partial charge on any atom is -0.465 e. The fraction of sp³-hybridized carbons (Fsp3) is 0.400. The molecule has 0 amide bonds. The van der Waals surface area contributed by atoms with Crippen LogP contribution in [0.15, 0.2) is 24.4 Å². The molecule has 0 unspecified atom stereocenters. The molecule has 0 saturated heterocycles. The molecule has 0 radical (unpaired) electrons. The molecule has 1 aromatic carbocycles. The molecular weight excluding hydrogens is 328 g/mol. The molecule has 1 saturated carbocycles. The predicted molar refractivity (Wildman–Crippen MR) is 78.8 cm³/mol. The Morgan fingerprint density at radius 1 is 1.48 bits per heavy atom. The molecule has 2 aromatic rings. The van der Waals surface area contributed by atoms with Gasteiger partial charge in [0, 0.05) is 35.5 Å². The first-order valence-corrected chi connectivity index (χ1v) is 7.41.